The number of allylic oxidation sites excluding steroid dienone is 1. The SMILES string of the molecule is COC(=O)c1ccc(C2C=C(C(=O)NCc3nc4ccccc4[nH]3)OC(OCCCCO)C2)cc1. The minimum Gasteiger partial charge on any atom is -0.465 e. The third-order valence-electron chi connectivity index (χ3n) is 5.75. The summed E-state index contributed by atoms with van der Waals surface area (Å²) in [7, 11) is 1.34. The molecule has 184 valence electrons. The van der Waals surface area contributed by atoms with Crippen molar-refractivity contribution in [3.8, 4) is 0 Å². The maximum atomic E-state index is 13.0. The van der Waals surface area contributed by atoms with Crippen molar-refractivity contribution in [2.45, 2.75) is 38.0 Å². The van der Waals surface area contributed by atoms with Gasteiger partial charge in [0.1, 0.15) is 5.82 Å². The van der Waals surface area contributed by atoms with Crippen molar-refractivity contribution < 1.29 is 28.9 Å². The van der Waals surface area contributed by atoms with Gasteiger partial charge in [-0.05, 0) is 48.7 Å². The quantitative estimate of drug-likeness (QED) is 0.301. The van der Waals surface area contributed by atoms with Gasteiger partial charge in [0, 0.05) is 18.9 Å². The highest BCUT2D eigenvalue weighted by Gasteiger charge is 2.29. The first-order valence-corrected chi connectivity index (χ1v) is 11.6. The predicted molar refractivity (Wildman–Crippen MR) is 128 cm³/mol. The monoisotopic (exact) mass is 479 g/mol. The Hall–Kier alpha value is -3.69. The summed E-state index contributed by atoms with van der Waals surface area (Å²) in [6, 6.07) is 14.7. The number of fused-ring (bicyclic) bond motifs is 1. The lowest BCUT2D eigenvalue weighted by atomic mass is 9.92. The Labute approximate surface area is 203 Å². The molecule has 3 N–H and O–H groups in total. The first kappa shape index (κ1) is 24.4. The van der Waals surface area contributed by atoms with Crippen LogP contribution in [0.4, 0.5) is 0 Å². The zero-order valence-electron chi connectivity index (χ0n) is 19.5. The van der Waals surface area contributed by atoms with E-state index in [4.69, 9.17) is 19.3 Å². The zero-order valence-corrected chi connectivity index (χ0v) is 19.5. The maximum Gasteiger partial charge on any atom is 0.337 e. The number of nitrogens with zero attached hydrogens (tertiary/aromatic N) is 1. The summed E-state index contributed by atoms with van der Waals surface area (Å²) in [6.45, 7) is 0.723. The molecule has 1 aliphatic heterocycles. The average molecular weight is 480 g/mol. The molecule has 0 saturated carbocycles. The second kappa shape index (κ2) is 11.6. The fourth-order valence-electron chi connectivity index (χ4n) is 3.90. The minimum atomic E-state index is -0.615. The molecule has 0 saturated heterocycles. The van der Waals surface area contributed by atoms with Crippen LogP contribution in [-0.4, -0.2) is 53.6 Å². The standard InChI is InChI=1S/C26H29N3O6/c1-33-26(32)18-10-8-17(9-11-18)19-14-22(35-24(15-19)34-13-5-4-12-30)25(31)27-16-23-28-20-6-2-3-7-21(20)29-23/h2-3,6-11,14,19,24,30H,4-5,12-13,15-16H2,1H3,(H,27,31)(H,28,29). The summed E-state index contributed by atoms with van der Waals surface area (Å²) in [5.41, 5.74) is 3.11. The molecule has 0 bridgehead atoms. The van der Waals surface area contributed by atoms with Crippen molar-refractivity contribution in [3.05, 3.63) is 77.3 Å². The lowest BCUT2D eigenvalue weighted by Crippen LogP contribution is -2.33. The summed E-state index contributed by atoms with van der Waals surface area (Å²) >= 11 is 0. The fourth-order valence-corrected chi connectivity index (χ4v) is 3.90. The molecule has 1 aromatic heterocycles. The number of ether oxygens (including phenoxy) is 3. The van der Waals surface area contributed by atoms with Crippen LogP contribution in [0.5, 0.6) is 0 Å². The van der Waals surface area contributed by atoms with Gasteiger partial charge in [-0.2, -0.15) is 0 Å². The number of hydrogen-bond acceptors (Lipinski definition) is 7. The highest BCUT2D eigenvalue weighted by molar-refractivity contribution is 5.92. The Morgan fingerprint density at radius 1 is 1.17 bits per heavy atom. The van der Waals surface area contributed by atoms with Crippen molar-refractivity contribution >= 4 is 22.9 Å². The van der Waals surface area contributed by atoms with Crippen LogP contribution in [0.15, 0.2) is 60.4 Å². The Balaban J connectivity index is 1.47. The van der Waals surface area contributed by atoms with E-state index < -0.39 is 12.3 Å². The summed E-state index contributed by atoms with van der Waals surface area (Å²) in [4.78, 5) is 32.4. The van der Waals surface area contributed by atoms with Crippen LogP contribution < -0.4 is 5.32 Å². The number of nitrogens with one attached hydrogen (secondary N) is 2. The van der Waals surface area contributed by atoms with E-state index >= 15 is 0 Å². The van der Waals surface area contributed by atoms with Gasteiger partial charge in [0.25, 0.3) is 5.91 Å². The fraction of sp³-hybridized carbons (Fsp3) is 0.346. The zero-order chi connectivity index (χ0) is 24.6. The van der Waals surface area contributed by atoms with Gasteiger partial charge in [0.05, 0.1) is 36.9 Å². The van der Waals surface area contributed by atoms with E-state index in [9.17, 15) is 9.59 Å². The lowest BCUT2D eigenvalue weighted by molar-refractivity contribution is -0.146. The van der Waals surface area contributed by atoms with Crippen LogP contribution >= 0.6 is 0 Å². The van der Waals surface area contributed by atoms with E-state index in [0.29, 0.717) is 37.3 Å². The second-order valence-electron chi connectivity index (χ2n) is 8.22. The number of carbonyl (C=O) groups is 2. The number of benzene rings is 2. The molecule has 4 rings (SSSR count). The normalized spacial score (nSPS) is 17.5. The van der Waals surface area contributed by atoms with Crippen LogP contribution in [0.1, 0.15) is 46.9 Å². The van der Waals surface area contributed by atoms with Crippen molar-refractivity contribution in [2.24, 2.45) is 0 Å². The van der Waals surface area contributed by atoms with E-state index in [0.717, 1.165) is 16.6 Å². The summed E-state index contributed by atoms with van der Waals surface area (Å²) < 4.78 is 16.5. The number of rotatable bonds is 10. The van der Waals surface area contributed by atoms with Gasteiger partial charge in [-0.15, -0.1) is 0 Å². The average Bonchev–Trinajstić information content (AvgIpc) is 3.32. The molecular weight excluding hydrogens is 450 g/mol. The molecule has 0 aliphatic carbocycles. The highest BCUT2D eigenvalue weighted by Crippen LogP contribution is 2.32. The number of methoxy groups -OCH3 is 1. The molecule has 0 radical (unpaired) electrons. The number of aliphatic hydroxyl groups excluding tert-OH is 1. The Morgan fingerprint density at radius 2 is 1.97 bits per heavy atom. The number of unbranched alkanes of at least 4 members (excludes halogenated alkanes) is 1. The van der Waals surface area contributed by atoms with Gasteiger partial charge >= 0.3 is 5.97 Å². The maximum absolute atomic E-state index is 13.0. The van der Waals surface area contributed by atoms with Gasteiger partial charge in [-0.1, -0.05) is 24.3 Å². The summed E-state index contributed by atoms with van der Waals surface area (Å²) in [6.07, 6.45) is 2.99. The van der Waals surface area contributed by atoms with Crippen LogP contribution in [0, 0.1) is 0 Å². The van der Waals surface area contributed by atoms with E-state index in [-0.39, 0.29) is 30.7 Å². The first-order valence-electron chi connectivity index (χ1n) is 11.6. The Bertz CT molecular complexity index is 1150. The van der Waals surface area contributed by atoms with Gasteiger partial charge < -0.3 is 29.6 Å². The molecule has 0 spiro atoms. The molecule has 0 fully saturated rings. The number of hydrogen-bond donors (Lipinski definition) is 3. The molecule has 2 heterocycles. The third kappa shape index (κ3) is 6.26. The van der Waals surface area contributed by atoms with Gasteiger partial charge in [0.2, 0.25) is 6.29 Å². The number of H-pyrrole nitrogens is 1. The van der Waals surface area contributed by atoms with E-state index in [1.807, 2.05) is 36.4 Å². The summed E-state index contributed by atoms with van der Waals surface area (Å²) in [5.74, 6) is -0.116. The van der Waals surface area contributed by atoms with E-state index in [1.54, 1.807) is 18.2 Å². The topological polar surface area (TPSA) is 123 Å². The van der Waals surface area contributed by atoms with Gasteiger partial charge in [-0.25, -0.2) is 9.78 Å². The Kier molecular flexibility index (Phi) is 8.12. The smallest absolute Gasteiger partial charge is 0.337 e. The van der Waals surface area contributed by atoms with Crippen molar-refractivity contribution in [1.82, 2.24) is 15.3 Å². The van der Waals surface area contributed by atoms with Crippen LogP contribution in [0.3, 0.4) is 0 Å². The number of amides is 1. The number of aliphatic hydroxyl groups is 1. The minimum absolute atomic E-state index is 0.0966. The van der Waals surface area contributed by atoms with Gasteiger partial charge in [-0.3, -0.25) is 4.79 Å². The van der Waals surface area contributed by atoms with Crippen LogP contribution in [0.2, 0.25) is 0 Å². The molecule has 9 nitrogen and oxygen atoms in total. The molecule has 2 atom stereocenters. The molecule has 1 amide bonds. The van der Waals surface area contributed by atoms with Crippen molar-refractivity contribution in [1.29, 1.82) is 0 Å². The second-order valence-corrected chi connectivity index (χ2v) is 8.22. The molecule has 2 aromatic carbocycles. The highest BCUT2D eigenvalue weighted by atomic mass is 16.7. The number of carbonyl (C=O) groups excluding carboxylic acids is 2. The molecule has 2 unspecified atom stereocenters. The molecule has 3 aromatic rings. The predicted octanol–water partition coefficient (Wildman–Crippen LogP) is 3.17. The lowest BCUT2D eigenvalue weighted by Gasteiger charge is -2.29. The molecular formula is C26H29N3O6. The molecule has 1 aliphatic rings. The number of aromatic amines is 1. The third-order valence-corrected chi connectivity index (χ3v) is 5.75. The van der Waals surface area contributed by atoms with Gasteiger partial charge in [0.15, 0.2) is 5.76 Å². The number of para-hydroxylation sites is 2. The molecule has 9 heteroatoms. The first-order chi connectivity index (χ1) is 17.1. The van der Waals surface area contributed by atoms with E-state index in [1.165, 1.54) is 7.11 Å². The van der Waals surface area contributed by atoms with Crippen LogP contribution in [-0.2, 0) is 25.5 Å². The van der Waals surface area contributed by atoms with Crippen molar-refractivity contribution in [2.75, 3.05) is 20.3 Å². The Morgan fingerprint density at radius 3 is 2.71 bits per heavy atom. The van der Waals surface area contributed by atoms with Crippen molar-refractivity contribution in [3.63, 3.8) is 0 Å². The number of esters is 1. The largest absolute Gasteiger partial charge is 0.465 e. The van der Waals surface area contributed by atoms with Crippen LogP contribution in [0.25, 0.3) is 11.0 Å². The number of aromatic nitrogens is 2. The number of imidazole rings is 1. The molecule has 35 heavy (non-hydrogen) atoms. The summed E-state index contributed by atoms with van der Waals surface area (Å²) in [5, 5.41) is 11.9. The van der Waals surface area contributed by atoms with E-state index in [2.05, 4.69) is 15.3 Å².